The number of benzene rings is 2. The van der Waals surface area contributed by atoms with Gasteiger partial charge in [0, 0.05) is 18.5 Å². The average Bonchev–Trinajstić information content (AvgIpc) is 2.98. The number of hydrogen-bond acceptors (Lipinski definition) is 5. The maximum absolute atomic E-state index is 12.9. The Morgan fingerprint density at radius 2 is 1.83 bits per heavy atom. The molecular weight excluding hydrogens is 404 g/mol. The summed E-state index contributed by atoms with van der Waals surface area (Å²) in [5.41, 5.74) is 4.27. The van der Waals surface area contributed by atoms with Gasteiger partial charge in [-0.15, -0.1) is 0 Å². The maximum Gasteiger partial charge on any atom is 0.280 e. The quantitative estimate of drug-likeness (QED) is 0.500. The summed E-state index contributed by atoms with van der Waals surface area (Å²) in [6.07, 6.45) is 1.47. The number of aromatic nitrogens is 2. The summed E-state index contributed by atoms with van der Waals surface area (Å²) in [5.74, 6) is 0. The fourth-order valence-electron chi connectivity index (χ4n) is 3.05. The second kappa shape index (κ2) is 8.78. The topological polar surface area (TPSA) is 117 Å². The zero-order chi connectivity index (χ0) is 21.9. The second-order valence-corrected chi connectivity index (χ2v) is 8.72. The van der Waals surface area contributed by atoms with Crippen molar-refractivity contribution in [3.8, 4) is 5.69 Å². The van der Waals surface area contributed by atoms with Crippen LogP contribution in [-0.2, 0) is 10.0 Å². The second-order valence-electron chi connectivity index (χ2n) is 6.95. The highest BCUT2D eigenvalue weighted by atomic mass is 32.2. The molecule has 0 fully saturated rings. The highest BCUT2D eigenvalue weighted by molar-refractivity contribution is 7.89. The zero-order valence-electron chi connectivity index (χ0n) is 17.0. The number of nitrogens with one attached hydrogen (secondary N) is 2. The van der Waals surface area contributed by atoms with Crippen molar-refractivity contribution in [2.45, 2.75) is 25.7 Å². The number of hydrogen-bond donors (Lipinski definition) is 3. The van der Waals surface area contributed by atoms with Crippen molar-refractivity contribution in [2.24, 2.45) is 4.99 Å². The molecule has 0 spiro atoms. The molecule has 0 saturated carbocycles. The van der Waals surface area contributed by atoms with Gasteiger partial charge in [-0.25, -0.2) is 17.8 Å². The molecule has 158 valence electrons. The fraction of sp³-hybridized carbons (Fsp3) is 0.238. The third-order valence-corrected chi connectivity index (χ3v) is 6.08. The van der Waals surface area contributed by atoms with E-state index in [2.05, 4.69) is 14.8 Å². The van der Waals surface area contributed by atoms with Crippen LogP contribution in [-0.4, -0.2) is 42.7 Å². The Balaban J connectivity index is 1.87. The van der Waals surface area contributed by atoms with Gasteiger partial charge in [-0.05, 0) is 56.7 Å². The van der Waals surface area contributed by atoms with Gasteiger partial charge in [0.1, 0.15) is 0 Å². The highest BCUT2D eigenvalue weighted by Gasteiger charge is 2.14. The van der Waals surface area contributed by atoms with Gasteiger partial charge in [-0.1, -0.05) is 17.7 Å². The number of aliphatic imine (C=N–C) groups is 1. The smallest absolute Gasteiger partial charge is 0.280 e. The molecule has 0 aliphatic carbocycles. The lowest BCUT2D eigenvalue weighted by Gasteiger charge is -2.06. The first kappa shape index (κ1) is 21.7. The van der Waals surface area contributed by atoms with E-state index < -0.39 is 10.0 Å². The van der Waals surface area contributed by atoms with Crippen LogP contribution >= 0.6 is 0 Å². The van der Waals surface area contributed by atoms with Crippen molar-refractivity contribution in [3.05, 3.63) is 75.2 Å². The summed E-state index contributed by atoms with van der Waals surface area (Å²) < 4.78 is 27.9. The lowest BCUT2D eigenvalue weighted by Crippen LogP contribution is -2.26. The summed E-state index contributed by atoms with van der Waals surface area (Å²) in [7, 11) is -3.67. The Kier molecular flexibility index (Phi) is 6.35. The molecule has 3 N–H and O–H groups in total. The van der Waals surface area contributed by atoms with E-state index in [1.54, 1.807) is 19.1 Å². The minimum Gasteiger partial charge on any atom is -0.395 e. The molecule has 0 aliphatic heterocycles. The minimum absolute atomic E-state index is 0.0538. The monoisotopic (exact) mass is 428 g/mol. The number of aromatic amines is 1. The number of rotatable bonds is 7. The van der Waals surface area contributed by atoms with E-state index in [1.807, 2.05) is 32.0 Å². The van der Waals surface area contributed by atoms with E-state index in [0.717, 1.165) is 16.8 Å². The molecule has 1 aromatic heterocycles. The molecule has 0 saturated heterocycles. The molecular formula is C21H24N4O4S. The Bertz CT molecular complexity index is 1240. The van der Waals surface area contributed by atoms with Crippen LogP contribution in [0.3, 0.4) is 0 Å². The van der Waals surface area contributed by atoms with Crippen molar-refractivity contribution >= 4 is 21.9 Å². The zero-order valence-corrected chi connectivity index (χ0v) is 17.8. The standard InChI is InChI=1S/C21H24N4O4S/c1-14-4-9-20(15(2)12-14)25-21(27)19(16(3)24-25)13-22-17-5-7-18(8-6-17)30(28,29)23-10-11-26/h4-9,12-13,23-24,26H,10-11H2,1-3H3. The van der Waals surface area contributed by atoms with Crippen LogP contribution in [0.1, 0.15) is 22.4 Å². The van der Waals surface area contributed by atoms with Crippen LogP contribution in [0, 0.1) is 20.8 Å². The lowest BCUT2D eigenvalue weighted by atomic mass is 10.1. The number of H-pyrrole nitrogens is 1. The van der Waals surface area contributed by atoms with Crippen molar-refractivity contribution in [1.29, 1.82) is 0 Å². The van der Waals surface area contributed by atoms with E-state index in [-0.39, 0.29) is 23.6 Å². The molecule has 8 nitrogen and oxygen atoms in total. The first-order valence-electron chi connectivity index (χ1n) is 9.37. The van der Waals surface area contributed by atoms with E-state index in [0.29, 0.717) is 16.9 Å². The third-order valence-electron chi connectivity index (χ3n) is 4.60. The van der Waals surface area contributed by atoms with Gasteiger partial charge in [0.15, 0.2) is 0 Å². The summed E-state index contributed by atoms with van der Waals surface area (Å²) >= 11 is 0. The fourth-order valence-corrected chi connectivity index (χ4v) is 4.07. The van der Waals surface area contributed by atoms with Gasteiger partial charge in [0.25, 0.3) is 5.56 Å². The summed E-state index contributed by atoms with van der Waals surface area (Å²) in [6, 6.07) is 11.8. The average molecular weight is 429 g/mol. The predicted octanol–water partition coefficient (Wildman–Crippen LogP) is 2.11. The lowest BCUT2D eigenvalue weighted by molar-refractivity contribution is 0.301. The minimum atomic E-state index is -3.67. The van der Waals surface area contributed by atoms with Gasteiger partial charge in [0.2, 0.25) is 10.0 Å². The molecule has 0 amide bonds. The van der Waals surface area contributed by atoms with E-state index in [1.165, 1.54) is 23.0 Å². The van der Waals surface area contributed by atoms with E-state index >= 15 is 0 Å². The van der Waals surface area contributed by atoms with Gasteiger partial charge < -0.3 is 5.11 Å². The van der Waals surface area contributed by atoms with E-state index in [4.69, 9.17) is 5.11 Å². The van der Waals surface area contributed by atoms with Gasteiger partial charge in [-0.2, -0.15) is 0 Å². The molecule has 0 bridgehead atoms. The summed E-state index contributed by atoms with van der Waals surface area (Å²) in [4.78, 5) is 17.3. The molecule has 3 rings (SSSR count). The number of sulfonamides is 1. The number of aliphatic hydroxyl groups is 1. The molecule has 0 unspecified atom stereocenters. The Hall–Kier alpha value is -3.01. The van der Waals surface area contributed by atoms with Crippen molar-refractivity contribution < 1.29 is 13.5 Å². The first-order chi connectivity index (χ1) is 14.2. The maximum atomic E-state index is 12.9. The molecule has 30 heavy (non-hydrogen) atoms. The van der Waals surface area contributed by atoms with Crippen LogP contribution in [0.5, 0.6) is 0 Å². The third kappa shape index (κ3) is 4.59. The van der Waals surface area contributed by atoms with Gasteiger partial charge in [-0.3, -0.25) is 14.9 Å². The Labute approximate surface area is 175 Å². The Morgan fingerprint density at radius 1 is 1.13 bits per heavy atom. The highest BCUT2D eigenvalue weighted by Crippen LogP contribution is 2.17. The van der Waals surface area contributed by atoms with Crippen LogP contribution < -0.4 is 10.3 Å². The molecule has 0 radical (unpaired) electrons. The number of nitrogens with zero attached hydrogens (tertiary/aromatic N) is 2. The van der Waals surface area contributed by atoms with Crippen LogP contribution in [0.25, 0.3) is 5.69 Å². The predicted molar refractivity (Wildman–Crippen MR) is 117 cm³/mol. The normalized spacial score (nSPS) is 12.0. The largest absolute Gasteiger partial charge is 0.395 e. The first-order valence-corrected chi connectivity index (χ1v) is 10.8. The summed E-state index contributed by atoms with van der Waals surface area (Å²) in [6.45, 7) is 5.41. The Morgan fingerprint density at radius 3 is 2.47 bits per heavy atom. The van der Waals surface area contributed by atoms with Crippen LogP contribution in [0.15, 0.2) is 57.1 Å². The molecule has 0 atom stereocenters. The van der Waals surface area contributed by atoms with Gasteiger partial charge >= 0.3 is 0 Å². The van der Waals surface area contributed by atoms with Gasteiger partial charge in [0.05, 0.1) is 28.4 Å². The molecule has 9 heteroatoms. The summed E-state index contributed by atoms with van der Waals surface area (Å²) in [5, 5.41) is 11.8. The molecule has 3 aromatic rings. The van der Waals surface area contributed by atoms with Crippen molar-refractivity contribution in [2.75, 3.05) is 13.2 Å². The molecule has 1 heterocycles. The van der Waals surface area contributed by atoms with Crippen molar-refractivity contribution in [1.82, 2.24) is 14.5 Å². The van der Waals surface area contributed by atoms with Crippen molar-refractivity contribution in [3.63, 3.8) is 0 Å². The molecule has 0 aliphatic rings. The molecule has 2 aromatic carbocycles. The number of aliphatic hydroxyl groups excluding tert-OH is 1. The SMILES string of the molecule is Cc1ccc(-n2[nH]c(C)c(C=Nc3ccc(S(=O)(=O)NCCO)cc3)c2=O)c(C)c1. The van der Waals surface area contributed by atoms with Crippen LogP contribution in [0.2, 0.25) is 0 Å². The number of aryl methyl sites for hydroxylation is 3. The van der Waals surface area contributed by atoms with Crippen LogP contribution in [0.4, 0.5) is 5.69 Å². The van der Waals surface area contributed by atoms with E-state index in [9.17, 15) is 13.2 Å².